The third kappa shape index (κ3) is 2.48. The van der Waals surface area contributed by atoms with Crippen LogP contribution in [0.3, 0.4) is 0 Å². The van der Waals surface area contributed by atoms with Gasteiger partial charge in [-0.1, -0.05) is 12.2 Å². The lowest BCUT2D eigenvalue weighted by Gasteiger charge is -2.33. The van der Waals surface area contributed by atoms with Crippen LogP contribution in [0, 0.1) is 22.9 Å². The van der Waals surface area contributed by atoms with Crippen LogP contribution in [0.15, 0.2) is 6.07 Å². The highest BCUT2D eigenvalue weighted by Crippen LogP contribution is 2.18. The van der Waals surface area contributed by atoms with Crippen molar-refractivity contribution in [2.75, 3.05) is 38.1 Å². The summed E-state index contributed by atoms with van der Waals surface area (Å²) < 4.78 is 0.543. The lowest BCUT2D eigenvalue weighted by molar-refractivity contribution is 0.312. The number of hydrogen-bond acceptors (Lipinski definition) is 4. The number of nitrogens with zero attached hydrogens (tertiary/aromatic N) is 3. The second kappa shape index (κ2) is 4.86. The summed E-state index contributed by atoms with van der Waals surface area (Å²) in [5.41, 5.74) is 1.53. The zero-order chi connectivity index (χ0) is 12.4. The number of piperazine rings is 1. The molecule has 0 atom stereocenters. The smallest absolute Gasteiger partial charge is 0.123 e. The molecule has 0 radical (unpaired) electrons. The number of likely N-dealkylation sites (N-methyl/N-ethyl adjacent to an activating group) is 1. The molecule has 0 aliphatic carbocycles. The largest absolute Gasteiger partial charge is 0.356 e. The van der Waals surface area contributed by atoms with E-state index in [1.807, 2.05) is 13.0 Å². The molecule has 2 heterocycles. The first-order valence-corrected chi connectivity index (χ1v) is 6.10. The van der Waals surface area contributed by atoms with Gasteiger partial charge in [-0.15, -0.1) is 0 Å². The number of H-pyrrole nitrogens is 1. The number of nitrogens with one attached hydrogen (secondary N) is 1. The molecule has 0 bridgehead atoms. The number of aromatic nitrogens is 1. The van der Waals surface area contributed by atoms with Crippen LogP contribution in [0.4, 0.5) is 5.82 Å². The number of aromatic amines is 1. The number of nitriles is 1. The topological polar surface area (TPSA) is 46.1 Å². The molecular weight excluding hydrogens is 232 g/mol. The summed E-state index contributed by atoms with van der Waals surface area (Å²) in [5, 5.41) is 8.98. The van der Waals surface area contributed by atoms with Gasteiger partial charge in [-0.25, -0.2) is 0 Å². The number of anilines is 1. The molecule has 5 heteroatoms. The van der Waals surface area contributed by atoms with Gasteiger partial charge in [-0.3, -0.25) is 0 Å². The maximum absolute atomic E-state index is 8.98. The van der Waals surface area contributed by atoms with Gasteiger partial charge in [0.1, 0.15) is 16.5 Å². The van der Waals surface area contributed by atoms with E-state index in [0.717, 1.165) is 37.6 Å². The summed E-state index contributed by atoms with van der Waals surface area (Å²) in [7, 11) is 2.13. The van der Waals surface area contributed by atoms with E-state index in [2.05, 4.69) is 27.9 Å². The van der Waals surface area contributed by atoms with Gasteiger partial charge in [-0.2, -0.15) is 5.26 Å². The van der Waals surface area contributed by atoms with E-state index in [4.69, 9.17) is 17.5 Å². The van der Waals surface area contributed by atoms with E-state index in [9.17, 15) is 0 Å². The number of pyridine rings is 1. The highest BCUT2D eigenvalue weighted by atomic mass is 32.1. The van der Waals surface area contributed by atoms with Crippen LogP contribution in [0.5, 0.6) is 0 Å². The molecule has 1 aliphatic heterocycles. The highest BCUT2D eigenvalue weighted by Gasteiger charge is 2.15. The molecule has 1 aromatic rings. The van der Waals surface area contributed by atoms with Crippen molar-refractivity contribution in [3.05, 3.63) is 21.8 Å². The van der Waals surface area contributed by atoms with Crippen molar-refractivity contribution in [1.29, 1.82) is 5.26 Å². The quantitative estimate of drug-likeness (QED) is 0.768. The normalized spacial score (nSPS) is 16.9. The lowest BCUT2D eigenvalue weighted by atomic mass is 10.1. The van der Waals surface area contributed by atoms with Gasteiger partial charge in [0.2, 0.25) is 0 Å². The number of hydrogen-bond donors (Lipinski definition) is 1. The molecule has 1 aliphatic rings. The Morgan fingerprint density at radius 3 is 2.53 bits per heavy atom. The molecule has 0 unspecified atom stereocenters. The van der Waals surface area contributed by atoms with Crippen LogP contribution in [0.2, 0.25) is 0 Å². The third-order valence-electron chi connectivity index (χ3n) is 3.17. The van der Waals surface area contributed by atoms with Crippen molar-refractivity contribution in [3.8, 4) is 6.07 Å². The van der Waals surface area contributed by atoms with E-state index in [-0.39, 0.29) is 0 Å². The number of rotatable bonds is 1. The van der Waals surface area contributed by atoms with Gasteiger partial charge in [0.05, 0.1) is 5.56 Å². The lowest BCUT2D eigenvalue weighted by Crippen LogP contribution is -2.44. The zero-order valence-electron chi connectivity index (χ0n) is 10.2. The monoisotopic (exact) mass is 248 g/mol. The van der Waals surface area contributed by atoms with E-state index in [1.54, 1.807) is 0 Å². The molecule has 0 spiro atoms. The molecule has 90 valence electrons. The first-order chi connectivity index (χ1) is 8.11. The fourth-order valence-corrected chi connectivity index (χ4v) is 2.34. The zero-order valence-corrected chi connectivity index (χ0v) is 11.0. The second-order valence-electron chi connectivity index (χ2n) is 4.44. The van der Waals surface area contributed by atoms with E-state index < -0.39 is 0 Å². The molecule has 4 nitrogen and oxygen atoms in total. The Kier molecular flexibility index (Phi) is 3.46. The van der Waals surface area contributed by atoms with Gasteiger partial charge in [0, 0.05) is 26.2 Å². The SMILES string of the molecule is Cc1cc(N2CCN(C)CC2)[nH]c(=S)c1C#N. The molecule has 1 saturated heterocycles. The molecule has 17 heavy (non-hydrogen) atoms. The molecule has 0 aromatic carbocycles. The van der Waals surface area contributed by atoms with Gasteiger partial charge in [-0.05, 0) is 25.6 Å². The highest BCUT2D eigenvalue weighted by molar-refractivity contribution is 7.71. The standard InChI is InChI=1S/C12H16N4S/c1-9-7-11(14-12(17)10(9)8-13)16-5-3-15(2)4-6-16/h7H,3-6H2,1-2H3,(H,14,17). The number of aryl methyl sites for hydroxylation is 1. The van der Waals surface area contributed by atoms with Crippen LogP contribution >= 0.6 is 12.2 Å². The summed E-state index contributed by atoms with van der Waals surface area (Å²) in [5.74, 6) is 1.03. The maximum atomic E-state index is 8.98. The predicted molar refractivity (Wildman–Crippen MR) is 70.8 cm³/mol. The Hall–Kier alpha value is -1.38. The molecule has 2 rings (SSSR count). The summed E-state index contributed by atoms with van der Waals surface area (Å²) in [6.07, 6.45) is 0. The first kappa shape index (κ1) is 12.1. The van der Waals surface area contributed by atoms with Crippen molar-refractivity contribution in [1.82, 2.24) is 9.88 Å². The minimum atomic E-state index is 0.543. The fraction of sp³-hybridized carbons (Fsp3) is 0.500. The Morgan fingerprint density at radius 2 is 2.00 bits per heavy atom. The van der Waals surface area contributed by atoms with Crippen LogP contribution < -0.4 is 4.90 Å². The fourth-order valence-electron chi connectivity index (χ4n) is 2.03. The van der Waals surface area contributed by atoms with Crippen LogP contribution in [-0.4, -0.2) is 43.1 Å². The average molecular weight is 248 g/mol. The molecule has 1 fully saturated rings. The van der Waals surface area contributed by atoms with Crippen molar-refractivity contribution < 1.29 is 0 Å². The molecule has 0 saturated carbocycles. The minimum Gasteiger partial charge on any atom is -0.356 e. The summed E-state index contributed by atoms with van der Waals surface area (Å²) in [6.45, 7) is 6.03. The van der Waals surface area contributed by atoms with Gasteiger partial charge in [0.15, 0.2) is 0 Å². The van der Waals surface area contributed by atoms with Crippen molar-refractivity contribution in [2.24, 2.45) is 0 Å². The van der Waals surface area contributed by atoms with Crippen molar-refractivity contribution in [3.63, 3.8) is 0 Å². The third-order valence-corrected chi connectivity index (χ3v) is 3.48. The van der Waals surface area contributed by atoms with Gasteiger partial charge in [0.25, 0.3) is 0 Å². The Morgan fingerprint density at radius 1 is 1.35 bits per heavy atom. The van der Waals surface area contributed by atoms with E-state index in [0.29, 0.717) is 10.2 Å². The Balaban J connectivity index is 2.29. The first-order valence-electron chi connectivity index (χ1n) is 5.69. The van der Waals surface area contributed by atoms with Gasteiger partial charge < -0.3 is 14.8 Å². The van der Waals surface area contributed by atoms with Crippen LogP contribution in [0.25, 0.3) is 0 Å². The molecule has 1 N–H and O–H groups in total. The molecular formula is C12H16N4S. The summed E-state index contributed by atoms with van der Waals surface area (Å²) in [4.78, 5) is 7.74. The van der Waals surface area contributed by atoms with Crippen LogP contribution in [0.1, 0.15) is 11.1 Å². The van der Waals surface area contributed by atoms with Gasteiger partial charge >= 0.3 is 0 Å². The Bertz CT molecular complexity index is 506. The Labute approximate surface area is 106 Å². The minimum absolute atomic E-state index is 0.543. The average Bonchev–Trinajstić information content (AvgIpc) is 2.29. The van der Waals surface area contributed by atoms with Crippen molar-refractivity contribution in [2.45, 2.75) is 6.92 Å². The molecule has 0 amide bonds. The summed E-state index contributed by atoms with van der Waals surface area (Å²) >= 11 is 5.20. The van der Waals surface area contributed by atoms with Crippen LogP contribution in [-0.2, 0) is 0 Å². The van der Waals surface area contributed by atoms with E-state index >= 15 is 0 Å². The molecule has 1 aromatic heterocycles. The van der Waals surface area contributed by atoms with E-state index in [1.165, 1.54) is 0 Å². The second-order valence-corrected chi connectivity index (χ2v) is 4.85. The predicted octanol–water partition coefficient (Wildman–Crippen LogP) is 1.68. The maximum Gasteiger partial charge on any atom is 0.123 e. The van der Waals surface area contributed by atoms with Crippen molar-refractivity contribution >= 4 is 18.0 Å². The summed E-state index contributed by atoms with van der Waals surface area (Å²) in [6, 6.07) is 4.15.